The summed E-state index contributed by atoms with van der Waals surface area (Å²) in [5, 5.41) is 13.2. The van der Waals surface area contributed by atoms with Gasteiger partial charge in [0.1, 0.15) is 17.2 Å². The van der Waals surface area contributed by atoms with Crippen molar-refractivity contribution >= 4 is 40.8 Å². The Labute approximate surface area is 207 Å². The smallest absolute Gasteiger partial charge is 0.337 e. The van der Waals surface area contributed by atoms with Crippen molar-refractivity contribution in [2.45, 2.75) is 36.4 Å². The molecule has 0 spiro atoms. The van der Waals surface area contributed by atoms with Crippen LogP contribution in [0.4, 0.5) is 0 Å². The predicted octanol–water partition coefficient (Wildman–Crippen LogP) is 3.68. The molecule has 3 atom stereocenters. The lowest BCUT2D eigenvalue weighted by atomic mass is 10.00. The summed E-state index contributed by atoms with van der Waals surface area (Å²) in [6.45, 7) is 0. The van der Waals surface area contributed by atoms with Crippen LogP contribution >= 0.6 is 24.0 Å². The summed E-state index contributed by atoms with van der Waals surface area (Å²) in [6, 6.07) is 19.4. The first-order valence-corrected chi connectivity index (χ1v) is 12.1. The lowest BCUT2D eigenvalue weighted by molar-refractivity contribution is -0.166. The number of rotatable bonds is 8. The zero-order valence-electron chi connectivity index (χ0n) is 18.4. The van der Waals surface area contributed by atoms with Crippen molar-refractivity contribution in [2.24, 2.45) is 0 Å². The number of amides is 1. The molecule has 1 fully saturated rings. The normalized spacial score (nSPS) is 21.0. The molecule has 2 aliphatic rings. The molecule has 9 heteroatoms. The maximum atomic E-state index is 13.5. The molecule has 0 radical (unpaired) electrons. The van der Waals surface area contributed by atoms with Crippen LogP contribution in [0.2, 0.25) is 0 Å². The number of carbonyl (C=O) groups excluding carboxylic acids is 2. The number of hydrogen-bond acceptors (Lipinski definition) is 7. The highest BCUT2D eigenvalue weighted by Gasteiger charge is 2.56. The predicted molar refractivity (Wildman–Crippen MR) is 132 cm³/mol. The van der Waals surface area contributed by atoms with Crippen molar-refractivity contribution < 1.29 is 19.1 Å². The van der Waals surface area contributed by atoms with E-state index in [1.807, 2.05) is 66.7 Å². The first-order valence-electron chi connectivity index (χ1n) is 10.7. The van der Waals surface area contributed by atoms with Crippen LogP contribution in [-0.2, 0) is 19.1 Å². The van der Waals surface area contributed by atoms with Crippen molar-refractivity contribution in [3.63, 3.8) is 0 Å². The number of thiocarbonyl (C=S) groups is 1. The third-order valence-electron chi connectivity index (χ3n) is 5.63. The number of benzene rings is 2. The Balaban J connectivity index is 1.56. The van der Waals surface area contributed by atoms with Gasteiger partial charge in [0, 0.05) is 18.2 Å². The zero-order valence-corrected chi connectivity index (χ0v) is 20.1. The lowest BCUT2D eigenvalue weighted by Gasteiger charge is -2.51. The molecule has 2 aliphatic heterocycles. The van der Waals surface area contributed by atoms with Gasteiger partial charge in [-0.25, -0.2) is 4.79 Å². The van der Waals surface area contributed by atoms with Crippen molar-refractivity contribution in [3.05, 3.63) is 83.0 Å². The van der Waals surface area contributed by atoms with Gasteiger partial charge < -0.3 is 19.7 Å². The van der Waals surface area contributed by atoms with E-state index in [9.17, 15) is 9.59 Å². The second kappa shape index (κ2) is 10.7. The molecule has 0 saturated carbocycles. The van der Waals surface area contributed by atoms with Crippen LogP contribution in [0.5, 0.6) is 0 Å². The van der Waals surface area contributed by atoms with Gasteiger partial charge in [-0.1, -0.05) is 72.9 Å². The highest BCUT2D eigenvalue weighted by molar-refractivity contribution is 8.02. The molecule has 2 unspecified atom stereocenters. The van der Waals surface area contributed by atoms with E-state index < -0.39 is 24.2 Å². The van der Waals surface area contributed by atoms with E-state index in [-0.39, 0.29) is 17.7 Å². The number of carbonyl (C=O) groups is 2. The molecule has 4 rings (SSSR count). The van der Waals surface area contributed by atoms with Crippen LogP contribution in [0.15, 0.2) is 71.8 Å². The molecule has 1 N–H and O–H groups in total. The summed E-state index contributed by atoms with van der Waals surface area (Å²) in [4.78, 5) is 28.5. The van der Waals surface area contributed by atoms with Crippen LogP contribution in [0.25, 0.3) is 0 Å². The highest BCUT2D eigenvalue weighted by atomic mass is 32.2. The van der Waals surface area contributed by atoms with E-state index in [1.165, 1.54) is 23.8 Å². The summed E-state index contributed by atoms with van der Waals surface area (Å²) >= 11 is 6.64. The molecule has 1 saturated heterocycles. The molecule has 7 nitrogen and oxygen atoms in total. The zero-order chi connectivity index (χ0) is 24.1. The topological polar surface area (TPSA) is 91.7 Å². The van der Waals surface area contributed by atoms with Gasteiger partial charge in [0.15, 0.2) is 12.1 Å². The monoisotopic (exact) mass is 493 g/mol. The quantitative estimate of drug-likeness (QED) is 0.338. The fourth-order valence-electron chi connectivity index (χ4n) is 3.95. The Bertz CT molecular complexity index is 1090. The minimum atomic E-state index is -0.996. The van der Waals surface area contributed by atoms with E-state index in [1.54, 1.807) is 5.41 Å². The van der Waals surface area contributed by atoms with Crippen LogP contribution in [0.3, 0.4) is 0 Å². The maximum Gasteiger partial charge on any atom is 0.337 e. The van der Waals surface area contributed by atoms with Gasteiger partial charge in [-0.15, -0.1) is 11.8 Å². The minimum Gasteiger partial charge on any atom is -0.498 e. The molecule has 0 aromatic heterocycles. The van der Waals surface area contributed by atoms with Gasteiger partial charge in [0.05, 0.1) is 18.2 Å². The molecule has 2 aromatic rings. The van der Waals surface area contributed by atoms with Gasteiger partial charge in [-0.2, -0.15) is 5.26 Å². The second-order valence-electron chi connectivity index (χ2n) is 7.74. The van der Waals surface area contributed by atoms with E-state index in [4.69, 9.17) is 27.0 Å². The van der Waals surface area contributed by atoms with Gasteiger partial charge in [-0.3, -0.25) is 4.79 Å². The molecule has 34 heavy (non-hydrogen) atoms. The third-order valence-corrected chi connectivity index (χ3v) is 7.10. The standard InChI is InChI=1S/C25H23N3O4S2/c1-31-18-15-34-24-20(27-19(33)13-8-14-26)23(29)28(24)21(18)25(30)32-22(16-9-4-2-5-10-16)17-11-6-3-7-12-17/h2-7,9-12,15,20-22,24H,8,13H2,1H3,(H,27,33)/t20?,21?,24-/m1/s1. The number of nitrogens with zero attached hydrogens (tertiary/aromatic N) is 2. The number of ether oxygens (including phenoxy) is 2. The molecule has 0 aliphatic carbocycles. The summed E-state index contributed by atoms with van der Waals surface area (Å²) < 4.78 is 11.5. The third kappa shape index (κ3) is 4.79. The van der Waals surface area contributed by atoms with Crippen molar-refractivity contribution in [1.82, 2.24) is 10.2 Å². The van der Waals surface area contributed by atoms with Crippen molar-refractivity contribution in [1.29, 1.82) is 5.26 Å². The van der Waals surface area contributed by atoms with Crippen LogP contribution in [-0.4, -0.2) is 46.3 Å². The summed E-state index contributed by atoms with van der Waals surface area (Å²) in [5.74, 6) is -0.489. The second-order valence-corrected chi connectivity index (χ2v) is 9.22. The summed E-state index contributed by atoms with van der Waals surface area (Å²) in [6.07, 6.45) is 0.0232. The Morgan fingerprint density at radius 3 is 2.35 bits per heavy atom. The van der Waals surface area contributed by atoms with E-state index in [0.717, 1.165) is 11.1 Å². The summed E-state index contributed by atoms with van der Waals surface area (Å²) in [5.41, 5.74) is 1.65. The van der Waals surface area contributed by atoms with E-state index in [0.29, 0.717) is 17.2 Å². The van der Waals surface area contributed by atoms with Crippen molar-refractivity contribution in [2.75, 3.05) is 7.11 Å². The first kappa shape index (κ1) is 23.8. The molecule has 174 valence electrons. The number of nitrogens with one attached hydrogen (secondary N) is 1. The Morgan fingerprint density at radius 2 is 1.79 bits per heavy atom. The van der Waals surface area contributed by atoms with Crippen LogP contribution in [0.1, 0.15) is 30.1 Å². The number of nitriles is 1. The Kier molecular flexibility index (Phi) is 7.50. The number of fused-ring (bicyclic) bond motifs is 1. The summed E-state index contributed by atoms with van der Waals surface area (Å²) in [7, 11) is 1.47. The molecule has 1 amide bonds. The van der Waals surface area contributed by atoms with Gasteiger partial charge in [0.2, 0.25) is 5.91 Å². The molecule has 2 aromatic carbocycles. The van der Waals surface area contributed by atoms with Gasteiger partial charge in [-0.05, 0) is 11.1 Å². The van der Waals surface area contributed by atoms with Gasteiger partial charge >= 0.3 is 5.97 Å². The number of hydrogen-bond donors (Lipinski definition) is 1. The molecular formula is C25H23N3O4S2. The van der Waals surface area contributed by atoms with E-state index in [2.05, 4.69) is 5.32 Å². The largest absolute Gasteiger partial charge is 0.498 e. The van der Waals surface area contributed by atoms with Crippen LogP contribution < -0.4 is 5.32 Å². The number of β-lactam (4-membered cyclic amide) rings is 1. The number of methoxy groups -OCH3 is 1. The van der Waals surface area contributed by atoms with Crippen LogP contribution in [0, 0.1) is 11.3 Å². The Hall–Kier alpha value is -3.35. The fourth-order valence-corrected chi connectivity index (χ4v) is 5.37. The van der Waals surface area contributed by atoms with Crippen molar-refractivity contribution in [3.8, 4) is 6.07 Å². The van der Waals surface area contributed by atoms with E-state index >= 15 is 0 Å². The molecule has 0 bridgehead atoms. The molecule has 2 heterocycles. The average Bonchev–Trinajstić information content (AvgIpc) is 2.89. The first-order chi connectivity index (χ1) is 16.5. The average molecular weight is 494 g/mol. The molecular weight excluding hydrogens is 470 g/mol. The minimum absolute atomic E-state index is 0.266. The van der Waals surface area contributed by atoms with Gasteiger partial charge in [0.25, 0.3) is 0 Å². The Morgan fingerprint density at radius 1 is 1.18 bits per heavy atom. The number of thioether (sulfide) groups is 1. The SMILES string of the molecule is COC1=CS[C@@H]2C(NC(=S)CCC#N)C(=O)N2C1C(=O)OC(c1ccccc1)c1ccccc1. The maximum absolute atomic E-state index is 13.5. The highest BCUT2D eigenvalue weighted by Crippen LogP contribution is 2.41. The number of esters is 1. The fraction of sp³-hybridized carbons (Fsp3) is 0.280. The lowest BCUT2D eigenvalue weighted by Crippen LogP contribution is -2.73.